The van der Waals surface area contributed by atoms with Gasteiger partial charge in [0.05, 0.1) is 23.8 Å². The standard InChI is InChI=1S/C17H12N4O2S2/c18-14-13(9-12-7-4-8-23-12)15(22)19-16-21(14)17(20-25-16)24-10-11-5-2-1-3-6-11/h1-9,18H,10H2/b13-9-,18-14?. The van der Waals surface area contributed by atoms with Crippen molar-refractivity contribution in [3.8, 4) is 0 Å². The molecular weight excluding hydrogens is 356 g/mol. The van der Waals surface area contributed by atoms with Crippen LogP contribution in [0, 0.1) is 5.41 Å². The Labute approximate surface area is 152 Å². The number of hydrogen-bond acceptors (Lipinski definition) is 6. The molecule has 4 rings (SSSR count). The SMILES string of the molecule is N=C1/C(=C/c2ccco2)C(=O)N=C2SN=C(SCc3ccccc3)N12. The Bertz CT molecular complexity index is 917. The van der Waals surface area contributed by atoms with Crippen LogP contribution in [-0.2, 0) is 10.5 Å². The van der Waals surface area contributed by atoms with E-state index in [1.165, 1.54) is 24.1 Å². The van der Waals surface area contributed by atoms with Crippen molar-refractivity contribution in [2.75, 3.05) is 0 Å². The summed E-state index contributed by atoms with van der Waals surface area (Å²) in [6.07, 6.45) is 3.06. The molecule has 1 aromatic heterocycles. The first-order valence-corrected chi connectivity index (χ1v) is 9.17. The monoisotopic (exact) mass is 368 g/mol. The number of nitrogens with one attached hydrogen (secondary N) is 1. The van der Waals surface area contributed by atoms with Crippen LogP contribution in [0.25, 0.3) is 6.08 Å². The average Bonchev–Trinajstić information content (AvgIpc) is 3.27. The molecule has 6 nitrogen and oxygen atoms in total. The lowest BCUT2D eigenvalue weighted by Crippen LogP contribution is -2.41. The molecule has 0 saturated heterocycles. The largest absolute Gasteiger partial charge is 0.465 e. The number of benzene rings is 1. The molecule has 0 aliphatic carbocycles. The Hall–Kier alpha value is -2.58. The van der Waals surface area contributed by atoms with E-state index in [-0.39, 0.29) is 11.4 Å². The molecule has 1 aromatic carbocycles. The summed E-state index contributed by atoms with van der Waals surface area (Å²) in [7, 11) is 0. The van der Waals surface area contributed by atoms with Crippen molar-refractivity contribution in [2.24, 2.45) is 9.39 Å². The Morgan fingerprint density at radius 3 is 2.84 bits per heavy atom. The van der Waals surface area contributed by atoms with Crippen LogP contribution in [0.3, 0.4) is 0 Å². The Morgan fingerprint density at radius 2 is 2.08 bits per heavy atom. The molecule has 1 N–H and O–H groups in total. The summed E-state index contributed by atoms with van der Waals surface area (Å²) >= 11 is 2.63. The molecule has 124 valence electrons. The molecule has 0 radical (unpaired) electrons. The molecule has 2 aliphatic rings. The smallest absolute Gasteiger partial charge is 0.283 e. The van der Waals surface area contributed by atoms with Gasteiger partial charge in [0.25, 0.3) is 5.91 Å². The highest BCUT2D eigenvalue weighted by Gasteiger charge is 2.37. The zero-order valence-corrected chi connectivity index (χ0v) is 14.5. The number of carbonyl (C=O) groups excluding carboxylic acids is 1. The van der Waals surface area contributed by atoms with E-state index in [0.29, 0.717) is 16.1 Å². The third-order valence-corrected chi connectivity index (χ3v) is 5.36. The van der Waals surface area contributed by atoms with E-state index in [0.717, 1.165) is 23.3 Å². The molecular formula is C17H12N4O2S2. The zero-order valence-electron chi connectivity index (χ0n) is 12.9. The number of nitrogens with zero attached hydrogens (tertiary/aromatic N) is 3. The van der Waals surface area contributed by atoms with Gasteiger partial charge in [-0.25, -0.2) is 4.90 Å². The second-order valence-electron chi connectivity index (χ2n) is 5.20. The van der Waals surface area contributed by atoms with Crippen molar-refractivity contribution >= 4 is 51.9 Å². The van der Waals surface area contributed by atoms with Crippen LogP contribution in [0.15, 0.2) is 68.1 Å². The summed E-state index contributed by atoms with van der Waals surface area (Å²) in [4.78, 5) is 17.9. The predicted molar refractivity (Wildman–Crippen MR) is 101 cm³/mol. The van der Waals surface area contributed by atoms with Gasteiger partial charge in [0.2, 0.25) is 5.17 Å². The van der Waals surface area contributed by atoms with Crippen LogP contribution < -0.4 is 0 Å². The van der Waals surface area contributed by atoms with E-state index in [2.05, 4.69) is 9.39 Å². The normalized spacial score (nSPS) is 18.4. The quantitative estimate of drug-likeness (QED) is 0.658. The molecule has 1 amide bonds. The molecule has 0 atom stereocenters. The van der Waals surface area contributed by atoms with Crippen molar-refractivity contribution in [1.82, 2.24) is 4.90 Å². The predicted octanol–water partition coefficient (Wildman–Crippen LogP) is 3.79. The third-order valence-electron chi connectivity index (χ3n) is 3.53. The number of carbonyl (C=O) groups is 1. The average molecular weight is 368 g/mol. The lowest BCUT2D eigenvalue weighted by Gasteiger charge is -2.24. The number of furan rings is 1. The molecule has 0 bridgehead atoms. The van der Waals surface area contributed by atoms with Crippen LogP contribution >= 0.6 is 23.7 Å². The van der Waals surface area contributed by atoms with Gasteiger partial charge in [-0.3, -0.25) is 10.2 Å². The van der Waals surface area contributed by atoms with E-state index in [9.17, 15) is 4.79 Å². The molecule has 2 aliphatic heterocycles. The van der Waals surface area contributed by atoms with Crippen molar-refractivity contribution < 1.29 is 9.21 Å². The van der Waals surface area contributed by atoms with Gasteiger partial charge in [-0.2, -0.15) is 9.39 Å². The van der Waals surface area contributed by atoms with Crippen LogP contribution in [0.1, 0.15) is 11.3 Å². The number of aliphatic imine (C=N–C) groups is 1. The molecule has 8 heteroatoms. The number of amides is 1. The Balaban J connectivity index is 1.57. The first-order valence-electron chi connectivity index (χ1n) is 7.41. The van der Waals surface area contributed by atoms with Gasteiger partial charge in [0, 0.05) is 5.75 Å². The number of rotatable bonds is 3. The second-order valence-corrected chi connectivity index (χ2v) is 6.87. The van der Waals surface area contributed by atoms with E-state index < -0.39 is 5.91 Å². The fourth-order valence-electron chi connectivity index (χ4n) is 2.33. The highest BCUT2D eigenvalue weighted by atomic mass is 32.2. The van der Waals surface area contributed by atoms with E-state index in [1.807, 2.05) is 30.3 Å². The second kappa shape index (κ2) is 6.73. The lowest BCUT2D eigenvalue weighted by molar-refractivity contribution is -0.114. The van der Waals surface area contributed by atoms with Gasteiger partial charge >= 0.3 is 0 Å². The minimum atomic E-state index is -0.454. The molecule has 25 heavy (non-hydrogen) atoms. The van der Waals surface area contributed by atoms with Crippen molar-refractivity contribution in [2.45, 2.75) is 5.75 Å². The minimum absolute atomic E-state index is 0.0655. The fourth-order valence-corrected chi connectivity index (χ4v) is 4.13. The Morgan fingerprint density at radius 1 is 1.24 bits per heavy atom. The topological polar surface area (TPSA) is 82.0 Å². The molecule has 0 spiro atoms. The van der Waals surface area contributed by atoms with Crippen LogP contribution in [0.2, 0.25) is 0 Å². The summed E-state index contributed by atoms with van der Waals surface area (Å²) in [5.74, 6) is 0.844. The van der Waals surface area contributed by atoms with Gasteiger partial charge in [-0.1, -0.05) is 42.1 Å². The third kappa shape index (κ3) is 3.18. The number of hydrogen-bond donors (Lipinski definition) is 1. The summed E-state index contributed by atoms with van der Waals surface area (Å²) in [6, 6.07) is 13.5. The molecule has 3 heterocycles. The summed E-state index contributed by atoms with van der Waals surface area (Å²) in [6.45, 7) is 0. The molecule has 0 unspecified atom stereocenters. The van der Waals surface area contributed by atoms with Crippen LogP contribution in [-0.4, -0.2) is 27.0 Å². The number of thioether (sulfide) groups is 1. The maximum atomic E-state index is 12.2. The first-order chi connectivity index (χ1) is 12.2. The zero-order chi connectivity index (χ0) is 17.2. The highest BCUT2D eigenvalue weighted by molar-refractivity contribution is 8.18. The minimum Gasteiger partial charge on any atom is -0.465 e. The van der Waals surface area contributed by atoms with Gasteiger partial charge in [0.15, 0.2) is 5.17 Å². The van der Waals surface area contributed by atoms with Gasteiger partial charge in [-0.15, -0.1) is 0 Å². The van der Waals surface area contributed by atoms with Crippen LogP contribution in [0.4, 0.5) is 0 Å². The molecule has 2 aromatic rings. The summed E-state index contributed by atoms with van der Waals surface area (Å²) in [5.41, 5.74) is 1.35. The Kier molecular flexibility index (Phi) is 4.29. The molecule has 0 fully saturated rings. The summed E-state index contributed by atoms with van der Waals surface area (Å²) < 4.78 is 9.60. The van der Waals surface area contributed by atoms with Gasteiger partial charge in [0.1, 0.15) is 11.6 Å². The number of amidine groups is 3. The van der Waals surface area contributed by atoms with E-state index in [4.69, 9.17) is 9.83 Å². The van der Waals surface area contributed by atoms with Crippen molar-refractivity contribution in [3.63, 3.8) is 0 Å². The lowest BCUT2D eigenvalue weighted by atomic mass is 10.1. The van der Waals surface area contributed by atoms with E-state index >= 15 is 0 Å². The number of fused-ring (bicyclic) bond motifs is 1. The van der Waals surface area contributed by atoms with Crippen molar-refractivity contribution in [3.05, 3.63) is 65.6 Å². The van der Waals surface area contributed by atoms with Crippen LogP contribution in [0.5, 0.6) is 0 Å². The molecule has 0 saturated carbocycles. The van der Waals surface area contributed by atoms with Gasteiger partial charge < -0.3 is 4.42 Å². The van der Waals surface area contributed by atoms with Gasteiger partial charge in [-0.05, 0) is 23.8 Å². The maximum absolute atomic E-state index is 12.2. The maximum Gasteiger partial charge on any atom is 0.283 e. The highest BCUT2D eigenvalue weighted by Crippen LogP contribution is 2.33. The van der Waals surface area contributed by atoms with Crippen molar-refractivity contribution in [1.29, 1.82) is 5.41 Å². The van der Waals surface area contributed by atoms with E-state index in [1.54, 1.807) is 17.0 Å². The first kappa shape index (κ1) is 15.9. The summed E-state index contributed by atoms with van der Waals surface area (Å²) in [5, 5.41) is 9.49. The fraction of sp³-hybridized carbons (Fsp3) is 0.0588.